The minimum absolute atomic E-state index is 0.306. The van der Waals surface area contributed by atoms with E-state index in [1.165, 1.54) is 17.5 Å². The van der Waals surface area contributed by atoms with E-state index in [1.807, 2.05) is 12.4 Å². The molecule has 0 saturated carbocycles. The fourth-order valence-corrected chi connectivity index (χ4v) is 3.19. The highest BCUT2D eigenvalue weighted by molar-refractivity contribution is 9.10. The van der Waals surface area contributed by atoms with Crippen LogP contribution in [0.3, 0.4) is 0 Å². The molecule has 0 radical (unpaired) electrons. The van der Waals surface area contributed by atoms with Crippen LogP contribution in [0.1, 0.15) is 23.6 Å². The van der Waals surface area contributed by atoms with E-state index in [0.717, 1.165) is 30.7 Å². The first-order chi connectivity index (χ1) is 10.3. The van der Waals surface area contributed by atoms with E-state index < -0.39 is 0 Å². The SMILES string of the molecule is Brc1ccc(C(c2ccncc2)N2CCCNCC2)cc1. The third kappa shape index (κ3) is 3.70. The number of pyridine rings is 1. The van der Waals surface area contributed by atoms with Gasteiger partial charge in [-0.05, 0) is 48.4 Å². The molecule has 0 bridgehead atoms. The van der Waals surface area contributed by atoms with Gasteiger partial charge in [0.05, 0.1) is 6.04 Å². The third-order valence-corrected chi connectivity index (χ3v) is 4.48. The zero-order chi connectivity index (χ0) is 14.5. The molecule has 3 rings (SSSR count). The molecule has 1 aromatic carbocycles. The molecule has 1 unspecified atom stereocenters. The Kier molecular flexibility index (Phi) is 5.01. The second-order valence-electron chi connectivity index (χ2n) is 5.37. The number of halogens is 1. The van der Waals surface area contributed by atoms with Crippen LogP contribution in [0.15, 0.2) is 53.3 Å². The molecule has 2 heterocycles. The van der Waals surface area contributed by atoms with Gasteiger partial charge in [0, 0.05) is 36.5 Å². The van der Waals surface area contributed by atoms with Crippen molar-refractivity contribution in [3.8, 4) is 0 Å². The first-order valence-electron chi connectivity index (χ1n) is 7.45. The van der Waals surface area contributed by atoms with Crippen molar-refractivity contribution >= 4 is 15.9 Å². The van der Waals surface area contributed by atoms with Gasteiger partial charge in [0.2, 0.25) is 0 Å². The second kappa shape index (κ2) is 7.16. The minimum Gasteiger partial charge on any atom is -0.315 e. The van der Waals surface area contributed by atoms with Crippen LogP contribution in [0.25, 0.3) is 0 Å². The van der Waals surface area contributed by atoms with Crippen molar-refractivity contribution in [3.05, 3.63) is 64.4 Å². The molecule has 1 N–H and O–H groups in total. The molecule has 1 aromatic heterocycles. The summed E-state index contributed by atoms with van der Waals surface area (Å²) in [6, 6.07) is 13.2. The van der Waals surface area contributed by atoms with E-state index in [2.05, 4.69) is 67.5 Å². The van der Waals surface area contributed by atoms with Crippen LogP contribution in [-0.4, -0.2) is 36.1 Å². The van der Waals surface area contributed by atoms with E-state index in [0.29, 0.717) is 6.04 Å². The predicted molar refractivity (Wildman–Crippen MR) is 89.3 cm³/mol. The molecular weight excluding hydrogens is 326 g/mol. The van der Waals surface area contributed by atoms with Crippen molar-refractivity contribution in [2.24, 2.45) is 0 Å². The molecule has 0 aliphatic carbocycles. The number of benzene rings is 1. The van der Waals surface area contributed by atoms with Gasteiger partial charge in [-0.1, -0.05) is 28.1 Å². The molecule has 110 valence electrons. The summed E-state index contributed by atoms with van der Waals surface area (Å²) in [5.41, 5.74) is 2.65. The largest absolute Gasteiger partial charge is 0.315 e. The molecule has 0 spiro atoms. The van der Waals surface area contributed by atoms with Crippen LogP contribution < -0.4 is 5.32 Å². The molecule has 4 heteroatoms. The molecule has 1 atom stereocenters. The number of rotatable bonds is 3. The number of hydrogen-bond acceptors (Lipinski definition) is 3. The average molecular weight is 346 g/mol. The summed E-state index contributed by atoms with van der Waals surface area (Å²) in [5.74, 6) is 0. The Hall–Kier alpha value is -1.23. The maximum absolute atomic E-state index is 4.16. The Morgan fingerprint density at radius 3 is 2.43 bits per heavy atom. The van der Waals surface area contributed by atoms with Crippen LogP contribution in [0.2, 0.25) is 0 Å². The molecule has 2 aromatic rings. The van der Waals surface area contributed by atoms with Crippen molar-refractivity contribution < 1.29 is 0 Å². The molecule has 1 fully saturated rings. The van der Waals surface area contributed by atoms with Gasteiger partial charge >= 0.3 is 0 Å². The lowest BCUT2D eigenvalue weighted by Gasteiger charge is -2.31. The number of hydrogen-bond donors (Lipinski definition) is 1. The summed E-state index contributed by atoms with van der Waals surface area (Å²) < 4.78 is 1.12. The fourth-order valence-electron chi connectivity index (χ4n) is 2.93. The zero-order valence-corrected chi connectivity index (χ0v) is 13.6. The summed E-state index contributed by atoms with van der Waals surface area (Å²) in [7, 11) is 0. The summed E-state index contributed by atoms with van der Waals surface area (Å²) in [5, 5.41) is 3.48. The average Bonchev–Trinajstić information content (AvgIpc) is 2.80. The smallest absolute Gasteiger partial charge is 0.0603 e. The van der Waals surface area contributed by atoms with Gasteiger partial charge in [0.25, 0.3) is 0 Å². The fraction of sp³-hybridized carbons (Fsp3) is 0.353. The van der Waals surface area contributed by atoms with Crippen LogP contribution in [0.4, 0.5) is 0 Å². The van der Waals surface area contributed by atoms with Crippen LogP contribution in [0.5, 0.6) is 0 Å². The van der Waals surface area contributed by atoms with E-state index >= 15 is 0 Å². The Labute approximate surface area is 134 Å². The van der Waals surface area contributed by atoms with Crippen molar-refractivity contribution in [2.45, 2.75) is 12.5 Å². The minimum atomic E-state index is 0.306. The topological polar surface area (TPSA) is 28.2 Å². The van der Waals surface area contributed by atoms with E-state index in [1.54, 1.807) is 0 Å². The number of nitrogens with zero attached hydrogens (tertiary/aromatic N) is 2. The molecule has 1 aliphatic heterocycles. The Balaban J connectivity index is 1.95. The molecule has 3 nitrogen and oxygen atoms in total. The zero-order valence-electron chi connectivity index (χ0n) is 12.0. The second-order valence-corrected chi connectivity index (χ2v) is 6.29. The first kappa shape index (κ1) is 14.7. The maximum Gasteiger partial charge on any atom is 0.0603 e. The number of aromatic nitrogens is 1. The quantitative estimate of drug-likeness (QED) is 0.925. The van der Waals surface area contributed by atoms with E-state index in [9.17, 15) is 0 Å². The lowest BCUT2D eigenvalue weighted by atomic mass is 9.97. The summed E-state index contributed by atoms with van der Waals surface area (Å²) in [4.78, 5) is 6.73. The third-order valence-electron chi connectivity index (χ3n) is 3.95. The van der Waals surface area contributed by atoms with Crippen molar-refractivity contribution in [3.63, 3.8) is 0 Å². The Morgan fingerprint density at radius 2 is 1.67 bits per heavy atom. The van der Waals surface area contributed by atoms with Gasteiger partial charge in [-0.2, -0.15) is 0 Å². The van der Waals surface area contributed by atoms with Crippen LogP contribution in [0, 0.1) is 0 Å². The maximum atomic E-state index is 4.16. The summed E-state index contributed by atoms with van der Waals surface area (Å²) in [6.07, 6.45) is 4.96. The predicted octanol–water partition coefficient (Wildman–Crippen LogP) is 3.23. The van der Waals surface area contributed by atoms with Gasteiger partial charge in [0.15, 0.2) is 0 Å². The Bertz CT molecular complexity index is 548. The summed E-state index contributed by atoms with van der Waals surface area (Å²) >= 11 is 3.53. The van der Waals surface area contributed by atoms with Crippen molar-refractivity contribution in [2.75, 3.05) is 26.2 Å². The lowest BCUT2D eigenvalue weighted by Crippen LogP contribution is -2.33. The van der Waals surface area contributed by atoms with E-state index in [4.69, 9.17) is 0 Å². The van der Waals surface area contributed by atoms with Crippen molar-refractivity contribution in [1.29, 1.82) is 0 Å². The molecule has 1 saturated heterocycles. The first-order valence-corrected chi connectivity index (χ1v) is 8.24. The monoisotopic (exact) mass is 345 g/mol. The number of nitrogens with one attached hydrogen (secondary N) is 1. The normalized spacial score (nSPS) is 18.1. The molecule has 0 amide bonds. The highest BCUT2D eigenvalue weighted by atomic mass is 79.9. The highest BCUT2D eigenvalue weighted by Gasteiger charge is 2.22. The summed E-state index contributed by atoms with van der Waals surface area (Å²) in [6.45, 7) is 4.36. The van der Waals surface area contributed by atoms with Gasteiger partial charge in [-0.25, -0.2) is 0 Å². The van der Waals surface area contributed by atoms with Crippen LogP contribution in [-0.2, 0) is 0 Å². The van der Waals surface area contributed by atoms with Crippen molar-refractivity contribution in [1.82, 2.24) is 15.2 Å². The molecule has 1 aliphatic rings. The standard InChI is InChI=1S/C17H20BrN3/c18-16-4-2-14(3-5-16)17(15-6-9-20-10-7-15)21-12-1-8-19-11-13-21/h2-7,9-10,17,19H,1,8,11-13H2. The van der Waals surface area contributed by atoms with Gasteiger partial charge in [-0.3, -0.25) is 9.88 Å². The van der Waals surface area contributed by atoms with Gasteiger partial charge in [0.1, 0.15) is 0 Å². The van der Waals surface area contributed by atoms with Crippen LogP contribution >= 0.6 is 15.9 Å². The lowest BCUT2D eigenvalue weighted by molar-refractivity contribution is 0.241. The van der Waals surface area contributed by atoms with E-state index in [-0.39, 0.29) is 0 Å². The van der Waals surface area contributed by atoms with Gasteiger partial charge in [-0.15, -0.1) is 0 Å². The van der Waals surface area contributed by atoms with Gasteiger partial charge < -0.3 is 5.32 Å². The Morgan fingerprint density at radius 1 is 0.952 bits per heavy atom. The molecular formula is C17H20BrN3. The molecule has 21 heavy (non-hydrogen) atoms. The highest BCUT2D eigenvalue weighted by Crippen LogP contribution is 2.29.